The number of likely N-dealkylation sites (tertiary alicyclic amines) is 1. The highest BCUT2D eigenvalue weighted by Gasteiger charge is 2.36. The number of piperazine rings is 1. The Morgan fingerprint density at radius 2 is 1.63 bits per heavy atom. The van der Waals surface area contributed by atoms with Crippen LogP contribution in [0.1, 0.15) is 73.7 Å². The van der Waals surface area contributed by atoms with Gasteiger partial charge in [-0.1, -0.05) is 19.3 Å². The maximum atomic E-state index is 13.8. The van der Waals surface area contributed by atoms with E-state index in [9.17, 15) is 14.4 Å². The van der Waals surface area contributed by atoms with E-state index < -0.39 is 6.04 Å². The van der Waals surface area contributed by atoms with Crippen molar-refractivity contribution in [2.45, 2.75) is 90.1 Å². The monoisotopic (exact) mass is 912 g/mol. The second kappa shape index (κ2) is 22.4. The van der Waals surface area contributed by atoms with E-state index in [2.05, 4.69) is 43.2 Å². The van der Waals surface area contributed by atoms with E-state index in [0.717, 1.165) is 89.9 Å². The third kappa shape index (κ3) is 11.9. The Balaban J connectivity index is 0.702. The van der Waals surface area contributed by atoms with E-state index in [1.807, 2.05) is 57.8 Å². The predicted octanol–water partition coefficient (Wildman–Crippen LogP) is 5.66. The second-order valence-electron chi connectivity index (χ2n) is 17.5. The van der Waals surface area contributed by atoms with Gasteiger partial charge in [0.2, 0.25) is 11.8 Å². The molecule has 2 aliphatic heterocycles. The molecule has 2 atom stereocenters. The zero-order chi connectivity index (χ0) is 45.1. The highest BCUT2D eigenvalue weighted by atomic mass is 32.1. The summed E-state index contributed by atoms with van der Waals surface area (Å²) in [6.07, 6.45) is 9.06. The van der Waals surface area contributed by atoms with Crippen LogP contribution in [0.2, 0.25) is 0 Å². The SMILES string of the molecule is CN[C@@H](C)C(=O)N[C@H](C(=O)N1CCN(C(=O)c2ccc3c(c2)cc(C)n3CCOCCOCCOc2cc(CN3CCC(Oc4ccnc5ccsc45)CC3)on2)CC1)C1CCCCC1. The first-order valence-electron chi connectivity index (χ1n) is 23.3. The third-order valence-electron chi connectivity index (χ3n) is 13.1. The number of carbonyl (C=O) groups excluding carboxylic acids is 3. The topological polar surface area (TPSA) is 166 Å². The Morgan fingerprint density at radius 3 is 2.42 bits per heavy atom. The van der Waals surface area contributed by atoms with E-state index in [4.69, 9.17) is 23.5 Å². The van der Waals surface area contributed by atoms with Gasteiger partial charge in [-0.05, 0) is 99.4 Å². The van der Waals surface area contributed by atoms with E-state index in [0.29, 0.717) is 83.7 Å². The molecule has 17 heteroatoms. The van der Waals surface area contributed by atoms with Crippen LogP contribution < -0.4 is 20.1 Å². The lowest BCUT2D eigenvalue weighted by atomic mass is 9.83. The average Bonchev–Trinajstić information content (AvgIpc) is 4.09. The summed E-state index contributed by atoms with van der Waals surface area (Å²) in [6, 6.07) is 12.9. The minimum Gasteiger partial charge on any atom is -0.489 e. The molecule has 0 bridgehead atoms. The molecule has 16 nitrogen and oxygen atoms in total. The molecular formula is C48H64N8O8S. The normalized spacial score (nSPS) is 17.7. The summed E-state index contributed by atoms with van der Waals surface area (Å²) in [5.41, 5.74) is 3.74. The molecule has 350 valence electrons. The average molecular weight is 913 g/mol. The Kier molecular flexibility index (Phi) is 16.0. The number of hydrogen-bond donors (Lipinski definition) is 2. The number of amides is 3. The number of nitrogens with zero attached hydrogens (tertiary/aromatic N) is 6. The Morgan fingerprint density at radius 1 is 0.877 bits per heavy atom. The standard InChI is InChI=1S/C48H64N8O8S/c1-33-29-37-30-36(47(58)54-18-20-55(21-19-54)48(59)44(35-7-5-4-6-8-35)51-46(57)34(2)49-3)9-10-41(37)56(33)22-23-60-24-25-61-26-27-62-43-31-39(64-52-43)32-53-16-12-38(13-17-53)63-42-11-15-50-40-14-28-65-45(40)42/h9-11,14-15,28-31,34-35,38,44,49H,4-8,12-13,16-27,32H2,1-3H3,(H,51,57)/t34-,44-/m0/s1. The number of aryl methyl sites for hydroxylation is 1. The zero-order valence-corrected chi connectivity index (χ0v) is 38.8. The van der Waals surface area contributed by atoms with E-state index in [-0.39, 0.29) is 35.8 Å². The van der Waals surface area contributed by atoms with Gasteiger partial charge in [0.05, 0.1) is 49.2 Å². The van der Waals surface area contributed by atoms with Gasteiger partial charge in [-0.2, -0.15) is 0 Å². The lowest BCUT2D eigenvalue weighted by Gasteiger charge is -2.39. The molecule has 0 spiro atoms. The number of fused-ring (bicyclic) bond motifs is 2. The van der Waals surface area contributed by atoms with E-state index in [1.54, 1.807) is 25.3 Å². The van der Waals surface area contributed by atoms with E-state index >= 15 is 0 Å². The molecule has 3 fully saturated rings. The highest BCUT2D eigenvalue weighted by molar-refractivity contribution is 7.17. The Bertz CT molecular complexity index is 2340. The van der Waals surface area contributed by atoms with Crippen LogP contribution in [-0.2, 0) is 32.2 Å². The van der Waals surface area contributed by atoms with Crippen LogP contribution in [0.25, 0.3) is 21.1 Å². The number of thiophene rings is 1. The van der Waals surface area contributed by atoms with Crippen molar-refractivity contribution in [1.82, 2.24) is 40.0 Å². The molecule has 6 heterocycles. The highest BCUT2D eigenvalue weighted by Crippen LogP contribution is 2.32. The minimum atomic E-state index is -0.536. The lowest BCUT2D eigenvalue weighted by molar-refractivity contribution is -0.140. The zero-order valence-electron chi connectivity index (χ0n) is 38.0. The molecule has 3 amide bonds. The van der Waals surface area contributed by atoms with Gasteiger partial charge in [0, 0.05) is 80.2 Å². The van der Waals surface area contributed by atoms with Crippen LogP contribution in [0.5, 0.6) is 11.6 Å². The number of benzene rings is 1. The number of nitrogens with one attached hydrogen (secondary N) is 2. The van der Waals surface area contributed by atoms with Crippen molar-refractivity contribution < 1.29 is 37.9 Å². The summed E-state index contributed by atoms with van der Waals surface area (Å²) in [5.74, 6) is 2.04. The molecule has 3 aliphatic rings. The molecule has 2 saturated heterocycles. The van der Waals surface area contributed by atoms with Crippen molar-refractivity contribution in [3.05, 3.63) is 71.1 Å². The molecule has 2 N–H and O–H groups in total. The summed E-state index contributed by atoms with van der Waals surface area (Å²) < 4.78 is 32.6. The number of hydrogen-bond acceptors (Lipinski definition) is 13. The summed E-state index contributed by atoms with van der Waals surface area (Å²) in [4.78, 5) is 50.8. The van der Waals surface area contributed by atoms with Gasteiger partial charge in [0.15, 0.2) is 5.76 Å². The fourth-order valence-corrected chi connectivity index (χ4v) is 10.1. The first-order chi connectivity index (χ1) is 31.7. The molecular weight excluding hydrogens is 849 g/mol. The summed E-state index contributed by atoms with van der Waals surface area (Å²) in [7, 11) is 1.74. The van der Waals surface area contributed by atoms with Crippen molar-refractivity contribution in [3.63, 3.8) is 0 Å². The smallest absolute Gasteiger partial charge is 0.254 e. The molecule has 0 radical (unpaired) electrons. The molecule has 0 unspecified atom stereocenters. The molecule has 65 heavy (non-hydrogen) atoms. The maximum absolute atomic E-state index is 13.8. The van der Waals surface area contributed by atoms with Crippen molar-refractivity contribution in [3.8, 4) is 11.6 Å². The largest absolute Gasteiger partial charge is 0.489 e. The number of rotatable bonds is 20. The first-order valence-corrected chi connectivity index (χ1v) is 24.2. The maximum Gasteiger partial charge on any atom is 0.254 e. The predicted molar refractivity (Wildman–Crippen MR) is 248 cm³/mol. The van der Waals surface area contributed by atoms with Gasteiger partial charge in [-0.25, -0.2) is 0 Å². The van der Waals surface area contributed by atoms with Crippen LogP contribution in [0.3, 0.4) is 0 Å². The number of likely N-dealkylation sites (N-methyl/N-ethyl adjacent to an activating group) is 1. The van der Waals surface area contributed by atoms with Crippen molar-refractivity contribution in [2.75, 3.05) is 79.4 Å². The number of carbonyl (C=O) groups is 3. The molecule has 4 aromatic heterocycles. The fourth-order valence-electron chi connectivity index (χ4n) is 9.25. The summed E-state index contributed by atoms with van der Waals surface area (Å²) in [6.45, 7) is 11.0. The minimum absolute atomic E-state index is 0.0363. The second-order valence-corrected chi connectivity index (χ2v) is 18.4. The molecule has 1 saturated carbocycles. The van der Waals surface area contributed by atoms with Crippen LogP contribution in [0.15, 0.2) is 58.6 Å². The van der Waals surface area contributed by atoms with Crippen LogP contribution in [-0.4, -0.2) is 145 Å². The van der Waals surface area contributed by atoms with Gasteiger partial charge in [0.1, 0.15) is 24.5 Å². The molecule has 1 aliphatic carbocycles. The Labute approximate surface area is 384 Å². The van der Waals surface area contributed by atoms with Crippen LogP contribution in [0, 0.1) is 12.8 Å². The number of piperidine rings is 1. The van der Waals surface area contributed by atoms with Gasteiger partial charge < -0.3 is 48.5 Å². The third-order valence-corrected chi connectivity index (χ3v) is 14.0. The summed E-state index contributed by atoms with van der Waals surface area (Å²) in [5, 5.41) is 13.2. The number of aromatic nitrogens is 3. The lowest BCUT2D eigenvalue weighted by Crippen LogP contribution is -2.59. The molecule has 8 rings (SSSR count). The summed E-state index contributed by atoms with van der Waals surface area (Å²) >= 11 is 1.66. The van der Waals surface area contributed by atoms with Gasteiger partial charge in [0.25, 0.3) is 11.8 Å². The number of ether oxygens (including phenoxy) is 4. The molecule has 1 aromatic carbocycles. The Hall–Kier alpha value is -5.07. The number of pyridine rings is 1. The van der Waals surface area contributed by atoms with Crippen LogP contribution in [0.4, 0.5) is 0 Å². The van der Waals surface area contributed by atoms with E-state index in [1.165, 1.54) is 6.42 Å². The van der Waals surface area contributed by atoms with Gasteiger partial charge in [-0.15, -0.1) is 11.3 Å². The first kappa shape index (κ1) is 46.5. The van der Waals surface area contributed by atoms with Crippen LogP contribution >= 0.6 is 11.3 Å². The quantitative estimate of drug-likeness (QED) is 0.0923. The fraction of sp³-hybridized carbons (Fsp3) is 0.562. The van der Waals surface area contributed by atoms with Gasteiger partial charge in [-0.3, -0.25) is 24.3 Å². The van der Waals surface area contributed by atoms with Crippen molar-refractivity contribution >= 4 is 50.2 Å². The molecule has 5 aromatic rings. The van der Waals surface area contributed by atoms with Crippen molar-refractivity contribution in [2.24, 2.45) is 5.92 Å². The van der Waals surface area contributed by atoms with Gasteiger partial charge >= 0.3 is 0 Å². The van der Waals surface area contributed by atoms with Crippen molar-refractivity contribution in [1.29, 1.82) is 0 Å².